The van der Waals surface area contributed by atoms with E-state index in [1.807, 2.05) is 0 Å². The zero-order chi connectivity index (χ0) is 52.0. The fourth-order valence-corrected chi connectivity index (χ4v) is 7.99. The van der Waals surface area contributed by atoms with Crippen LogP contribution in [0.25, 0.3) is 0 Å². The predicted octanol–water partition coefficient (Wildman–Crippen LogP) is 20.4. The highest BCUT2D eigenvalue weighted by molar-refractivity contribution is 5.70. The lowest BCUT2D eigenvalue weighted by Gasteiger charge is -2.15. The van der Waals surface area contributed by atoms with Gasteiger partial charge in [-0.05, 0) is 116 Å². The van der Waals surface area contributed by atoms with Gasteiger partial charge in [0.15, 0.2) is 6.10 Å². The Morgan fingerprint density at radius 3 is 0.903 bits per heavy atom. The number of aliphatic hydroxyl groups is 1. The zero-order valence-electron chi connectivity index (χ0n) is 46.6. The Bertz CT molecular complexity index is 1500. The summed E-state index contributed by atoms with van der Waals surface area (Å²) in [6.07, 6.45) is 91.4. The number of carbonyl (C=O) groups is 2. The van der Waals surface area contributed by atoms with Crippen molar-refractivity contribution < 1.29 is 24.2 Å². The molecule has 408 valence electrons. The van der Waals surface area contributed by atoms with Gasteiger partial charge in [0.25, 0.3) is 0 Å². The van der Waals surface area contributed by atoms with Crippen molar-refractivity contribution in [3.05, 3.63) is 134 Å². The molecular formula is C67H110O5. The Morgan fingerprint density at radius 2 is 0.597 bits per heavy atom. The maximum atomic E-state index is 12.3. The van der Waals surface area contributed by atoms with Crippen molar-refractivity contribution in [1.82, 2.24) is 0 Å². The largest absolute Gasteiger partial charge is 0.462 e. The maximum absolute atomic E-state index is 12.3. The molecular weight excluding hydrogens is 885 g/mol. The van der Waals surface area contributed by atoms with Gasteiger partial charge in [-0.2, -0.15) is 0 Å². The molecule has 5 heteroatoms. The Labute approximate surface area is 445 Å². The predicted molar refractivity (Wildman–Crippen MR) is 315 cm³/mol. The van der Waals surface area contributed by atoms with Crippen molar-refractivity contribution in [2.75, 3.05) is 13.2 Å². The number of hydrogen-bond donors (Lipinski definition) is 1. The van der Waals surface area contributed by atoms with E-state index in [0.717, 1.165) is 109 Å². The second-order valence-electron chi connectivity index (χ2n) is 19.3. The summed E-state index contributed by atoms with van der Waals surface area (Å²) in [5.74, 6) is -0.606. The van der Waals surface area contributed by atoms with Crippen LogP contribution >= 0.6 is 0 Å². The molecule has 0 radical (unpaired) electrons. The van der Waals surface area contributed by atoms with E-state index in [-0.39, 0.29) is 25.2 Å². The summed E-state index contributed by atoms with van der Waals surface area (Å²) in [6, 6.07) is 0. The average molecular weight is 996 g/mol. The molecule has 0 fully saturated rings. The van der Waals surface area contributed by atoms with E-state index in [2.05, 4.69) is 148 Å². The van der Waals surface area contributed by atoms with Gasteiger partial charge in [0.2, 0.25) is 0 Å². The molecule has 0 amide bonds. The molecule has 0 rings (SSSR count). The monoisotopic (exact) mass is 995 g/mol. The third-order valence-electron chi connectivity index (χ3n) is 12.4. The minimum absolute atomic E-state index is 0.0768. The summed E-state index contributed by atoms with van der Waals surface area (Å²) in [5, 5.41) is 9.66. The minimum Gasteiger partial charge on any atom is -0.462 e. The Hall–Kier alpha value is -3.96. The molecule has 0 aromatic carbocycles. The van der Waals surface area contributed by atoms with Crippen molar-refractivity contribution in [1.29, 1.82) is 0 Å². The van der Waals surface area contributed by atoms with Crippen LogP contribution in [0.2, 0.25) is 0 Å². The maximum Gasteiger partial charge on any atom is 0.306 e. The highest BCUT2D eigenvalue weighted by Crippen LogP contribution is 2.15. The highest BCUT2D eigenvalue weighted by atomic mass is 16.6. The molecule has 1 atom stereocenters. The summed E-state index contributed by atoms with van der Waals surface area (Å²) in [6.45, 7) is 4.01. The normalized spacial score (nSPS) is 13.2. The fraction of sp³-hybridized carbons (Fsp3) is 0.642. The van der Waals surface area contributed by atoms with Crippen LogP contribution in [-0.2, 0) is 19.1 Å². The van der Waals surface area contributed by atoms with Gasteiger partial charge in [-0.15, -0.1) is 0 Å². The number of hydrogen-bond acceptors (Lipinski definition) is 5. The van der Waals surface area contributed by atoms with Crippen LogP contribution in [0, 0.1) is 0 Å². The fourth-order valence-electron chi connectivity index (χ4n) is 7.99. The van der Waals surface area contributed by atoms with E-state index in [0.29, 0.717) is 12.8 Å². The molecule has 0 aromatic heterocycles. The van der Waals surface area contributed by atoms with Gasteiger partial charge in [-0.3, -0.25) is 9.59 Å². The Balaban J connectivity index is 3.58. The van der Waals surface area contributed by atoms with Gasteiger partial charge >= 0.3 is 11.9 Å². The van der Waals surface area contributed by atoms with Crippen LogP contribution in [0.5, 0.6) is 0 Å². The van der Waals surface area contributed by atoms with Gasteiger partial charge < -0.3 is 14.6 Å². The molecule has 0 aliphatic heterocycles. The molecule has 0 spiro atoms. The number of rotatable bonds is 53. The molecule has 72 heavy (non-hydrogen) atoms. The number of esters is 2. The van der Waals surface area contributed by atoms with E-state index < -0.39 is 6.10 Å². The molecule has 0 aromatic rings. The first-order valence-electron chi connectivity index (χ1n) is 29.7. The zero-order valence-corrected chi connectivity index (χ0v) is 46.6. The molecule has 0 aliphatic carbocycles. The molecule has 0 saturated carbocycles. The van der Waals surface area contributed by atoms with Gasteiger partial charge in [0, 0.05) is 12.8 Å². The molecule has 1 N–H and O–H groups in total. The SMILES string of the molecule is CC/C=C\C/C=C\C/C=C\C/C=C\C/C=C\C/C=C\C/C=C\C/C=C\C/C=C\CCCCCCCCCCCC(=O)OC(CO)COC(=O)CCCCCCCCCCC/C=C\C/C=C\CCCCCCC. The quantitative estimate of drug-likeness (QED) is 0.0373. The lowest BCUT2D eigenvalue weighted by Crippen LogP contribution is -2.28. The number of ether oxygens (including phenoxy) is 2. The first-order valence-corrected chi connectivity index (χ1v) is 29.7. The van der Waals surface area contributed by atoms with Crippen molar-refractivity contribution in [2.45, 2.75) is 264 Å². The Morgan fingerprint density at radius 1 is 0.333 bits per heavy atom. The van der Waals surface area contributed by atoms with Crippen molar-refractivity contribution >= 4 is 11.9 Å². The van der Waals surface area contributed by atoms with Crippen molar-refractivity contribution in [3.8, 4) is 0 Å². The topological polar surface area (TPSA) is 72.8 Å². The van der Waals surface area contributed by atoms with Gasteiger partial charge in [-0.1, -0.05) is 263 Å². The number of carbonyl (C=O) groups excluding carboxylic acids is 2. The molecule has 0 heterocycles. The Kier molecular flexibility index (Phi) is 58.0. The van der Waals surface area contributed by atoms with E-state index in [9.17, 15) is 14.7 Å². The third kappa shape index (κ3) is 58.6. The second kappa shape index (κ2) is 61.3. The van der Waals surface area contributed by atoms with E-state index in [1.165, 1.54) is 122 Å². The van der Waals surface area contributed by atoms with E-state index in [4.69, 9.17) is 9.47 Å². The smallest absolute Gasteiger partial charge is 0.306 e. The first-order chi connectivity index (χ1) is 35.6. The van der Waals surface area contributed by atoms with Crippen LogP contribution in [-0.4, -0.2) is 36.4 Å². The van der Waals surface area contributed by atoms with Crippen LogP contribution < -0.4 is 0 Å². The lowest BCUT2D eigenvalue weighted by atomic mass is 10.1. The third-order valence-corrected chi connectivity index (χ3v) is 12.4. The van der Waals surface area contributed by atoms with Gasteiger partial charge in [-0.25, -0.2) is 0 Å². The number of allylic oxidation sites excluding steroid dienone is 22. The number of aliphatic hydroxyl groups excluding tert-OH is 1. The summed E-state index contributed by atoms with van der Waals surface area (Å²) < 4.78 is 10.7. The average Bonchev–Trinajstić information content (AvgIpc) is 3.38. The van der Waals surface area contributed by atoms with Gasteiger partial charge in [0.1, 0.15) is 6.61 Å². The van der Waals surface area contributed by atoms with Crippen molar-refractivity contribution in [2.24, 2.45) is 0 Å². The summed E-state index contributed by atoms with van der Waals surface area (Å²) in [7, 11) is 0. The molecule has 0 saturated heterocycles. The standard InChI is InChI=1S/C67H110O5/c1-3-5-7-9-11-13-15-17-19-21-23-25-26-27-28-29-30-31-32-33-34-35-36-37-38-39-40-42-44-46-48-50-52-54-56-58-60-62-67(70)72-65(63-68)64-71-66(69)61-59-57-55-53-51-49-47-45-43-41-24-22-20-18-16-14-12-10-8-6-4-2/h5,7,11,13,16-19,22-25,27-28,30-31,33-34,36-37,39-40,65,68H,3-4,6,8-10,12,14-15,20-21,26,29,32,35,38,41-64H2,1-2H3/b7-5-,13-11-,18-16-,19-17-,24-22-,25-23-,28-27-,31-30-,34-33-,37-36-,40-39-. The second-order valence-corrected chi connectivity index (χ2v) is 19.3. The molecule has 0 aliphatic rings. The van der Waals surface area contributed by atoms with Crippen LogP contribution in [0.3, 0.4) is 0 Å². The summed E-state index contributed by atoms with van der Waals surface area (Å²) >= 11 is 0. The van der Waals surface area contributed by atoms with E-state index >= 15 is 0 Å². The minimum atomic E-state index is -0.787. The van der Waals surface area contributed by atoms with Gasteiger partial charge in [0.05, 0.1) is 6.61 Å². The van der Waals surface area contributed by atoms with Crippen LogP contribution in [0.4, 0.5) is 0 Å². The highest BCUT2D eigenvalue weighted by Gasteiger charge is 2.16. The van der Waals surface area contributed by atoms with Crippen LogP contribution in [0.1, 0.15) is 258 Å². The molecule has 5 nitrogen and oxygen atoms in total. The summed E-state index contributed by atoms with van der Waals surface area (Å²) in [5.41, 5.74) is 0. The summed E-state index contributed by atoms with van der Waals surface area (Å²) in [4.78, 5) is 24.5. The molecule has 1 unspecified atom stereocenters. The first kappa shape index (κ1) is 68.0. The molecule has 0 bridgehead atoms. The van der Waals surface area contributed by atoms with Crippen LogP contribution in [0.15, 0.2) is 134 Å². The lowest BCUT2D eigenvalue weighted by molar-refractivity contribution is -0.161. The van der Waals surface area contributed by atoms with E-state index in [1.54, 1.807) is 0 Å². The number of unbranched alkanes of at least 4 members (excludes halogenated alkanes) is 23. The van der Waals surface area contributed by atoms with Crippen molar-refractivity contribution in [3.63, 3.8) is 0 Å².